The fraction of sp³-hybridized carbons (Fsp3) is 0.300. The highest BCUT2D eigenvalue weighted by Gasteiger charge is 2.14. The summed E-state index contributed by atoms with van der Waals surface area (Å²) in [7, 11) is 1.53. The largest absolute Gasteiger partial charge is 0.506 e. The SMILES string of the molecule is CCC(=O)c1ccc(OC)c(I)c1O. The van der Waals surface area contributed by atoms with Gasteiger partial charge < -0.3 is 9.84 Å². The maximum Gasteiger partial charge on any atom is 0.166 e. The Hall–Kier alpha value is -0.780. The number of rotatable bonds is 3. The number of phenolic OH excluding ortho intramolecular Hbond substituents is 1. The summed E-state index contributed by atoms with van der Waals surface area (Å²) in [4.78, 5) is 11.4. The number of ketones is 1. The second kappa shape index (κ2) is 4.63. The molecule has 0 fully saturated rings. The van der Waals surface area contributed by atoms with Gasteiger partial charge >= 0.3 is 0 Å². The number of ether oxygens (including phenoxy) is 1. The highest BCUT2D eigenvalue weighted by atomic mass is 127. The monoisotopic (exact) mass is 306 g/mol. The van der Waals surface area contributed by atoms with Crippen LogP contribution in [0.3, 0.4) is 0 Å². The molecule has 0 amide bonds. The standard InChI is InChI=1S/C10H11IO3/c1-3-7(12)6-4-5-8(14-2)9(11)10(6)13/h4-5,13H,3H2,1-2H3. The molecule has 0 bridgehead atoms. The molecular weight excluding hydrogens is 295 g/mol. The molecule has 1 aromatic rings. The Morgan fingerprint density at radius 1 is 1.57 bits per heavy atom. The molecule has 4 heteroatoms. The van der Waals surface area contributed by atoms with Gasteiger partial charge in [0.2, 0.25) is 0 Å². The predicted molar refractivity (Wildman–Crippen MR) is 62.0 cm³/mol. The van der Waals surface area contributed by atoms with E-state index in [1.807, 2.05) is 22.6 Å². The quantitative estimate of drug-likeness (QED) is 0.690. The van der Waals surface area contributed by atoms with Gasteiger partial charge in [0.15, 0.2) is 5.78 Å². The zero-order valence-electron chi connectivity index (χ0n) is 8.00. The van der Waals surface area contributed by atoms with Crippen LogP contribution in [-0.4, -0.2) is 18.0 Å². The molecule has 0 aliphatic heterocycles. The van der Waals surface area contributed by atoms with E-state index in [-0.39, 0.29) is 11.5 Å². The van der Waals surface area contributed by atoms with Gasteiger partial charge in [-0.25, -0.2) is 0 Å². The molecule has 0 heterocycles. The molecule has 0 saturated heterocycles. The molecule has 76 valence electrons. The van der Waals surface area contributed by atoms with E-state index in [0.29, 0.717) is 21.3 Å². The first-order valence-electron chi connectivity index (χ1n) is 4.20. The number of benzene rings is 1. The minimum Gasteiger partial charge on any atom is -0.506 e. The lowest BCUT2D eigenvalue weighted by molar-refractivity contribution is 0.0985. The van der Waals surface area contributed by atoms with Crippen molar-refractivity contribution in [2.24, 2.45) is 0 Å². The van der Waals surface area contributed by atoms with Crippen LogP contribution in [0.25, 0.3) is 0 Å². The van der Waals surface area contributed by atoms with Gasteiger partial charge in [0.25, 0.3) is 0 Å². The summed E-state index contributed by atoms with van der Waals surface area (Å²) < 4.78 is 5.59. The van der Waals surface area contributed by atoms with Crippen molar-refractivity contribution < 1.29 is 14.6 Å². The third-order valence-corrected chi connectivity index (χ3v) is 2.96. The Kier molecular flexibility index (Phi) is 3.74. The Bertz CT molecular complexity index is 361. The summed E-state index contributed by atoms with van der Waals surface area (Å²) >= 11 is 1.95. The van der Waals surface area contributed by atoms with Crippen molar-refractivity contribution in [3.05, 3.63) is 21.3 Å². The number of Topliss-reactive ketones (excluding diaryl/α,β-unsaturated/α-hetero) is 1. The third kappa shape index (κ3) is 2.00. The first kappa shape index (κ1) is 11.3. The highest BCUT2D eigenvalue weighted by molar-refractivity contribution is 14.1. The molecule has 0 aliphatic carbocycles. The zero-order chi connectivity index (χ0) is 10.7. The van der Waals surface area contributed by atoms with Crippen LogP contribution in [0.2, 0.25) is 0 Å². The van der Waals surface area contributed by atoms with Crippen LogP contribution in [0, 0.1) is 3.57 Å². The molecule has 1 aromatic carbocycles. The Labute approximate surface area is 96.2 Å². The summed E-state index contributed by atoms with van der Waals surface area (Å²) in [6.45, 7) is 1.76. The fourth-order valence-electron chi connectivity index (χ4n) is 1.12. The molecule has 14 heavy (non-hydrogen) atoms. The van der Waals surface area contributed by atoms with Gasteiger partial charge in [0, 0.05) is 6.42 Å². The molecule has 0 radical (unpaired) electrons. The average molecular weight is 306 g/mol. The van der Waals surface area contributed by atoms with Gasteiger partial charge in [-0.2, -0.15) is 0 Å². The van der Waals surface area contributed by atoms with E-state index >= 15 is 0 Å². The van der Waals surface area contributed by atoms with E-state index in [0.717, 1.165) is 0 Å². The summed E-state index contributed by atoms with van der Waals surface area (Å²) in [5.41, 5.74) is 0.359. The smallest absolute Gasteiger partial charge is 0.166 e. The van der Waals surface area contributed by atoms with E-state index < -0.39 is 0 Å². The van der Waals surface area contributed by atoms with Crippen molar-refractivity contribution in [1.29, 1.82) is 0 Å². The highest BCUT2D eigenvalue weighted by Crippen LogP contribution is 2.32. The number of hydrogen-bond acceptors (Lipinski definition) is 3. The molecular formula is C10H11IO3. The van der Waals surface area contributed by atoms with Crippen molar-refractivity contribution >= 4 is 28.4 Å². The molecule has 1 rings (SSSR count). The predicted octanol–water partition coefficient (Wildman–Crippen LogP) is 2.60. The van der Waals surface area contributed by atoms with Gasteiger partial charge in [-0.3, -0.25) is 4.79 Å². The molecule has 0 aromatic heterocycles. The van der Waals surface area contributed by atoms with Crippen molar-refractivity contribution in [2.75, 3.05) is 7.11 Å². The van der Waals surface area contributed by atoms with Crippen LogP contribution < -0.4 is 4.74 Å². The minimum atomic E-state index is -0.0666. The molecule has 3 nitrogen and oxygen atoms in total. The van der Waals surface area contributed by atoms with Crippen LogP contribution in [0.1, 0.15) is 23.7 Å². The summed E-state index contributed by atoms with van der Waals surface area (Å²) in [6.07, 6.45) is 0.385. The number of hydrogen-bond donors (Lipinski definition) is 1. The molecule has 1 N–H and O–H groups in total. The maximum absolute atomic E-state index is 11.4. The van der Waals surface area contributed by atoms with E-state index in [1.54, 1.807) is 19.1 Å². The molecule has 0 spiro atoms. The van der Waals surface area contributed by atoms with Crippen molar-refractivity contribution in [3.63, 3.8) is 0 Å². The van der Waals surface area contributed by atoms with E-state index in [1.165, 1.54) is 7.11 Å². The Morgan fingerprint density at radius 2 is 2.21 bits per heavy atom. The summed E-state index contributed by atoms with van der Waals surface area (Å²) in [5.74, 6) is 0.524. The maximum atomic E-state index is 11.4. The van der Waals surface area contributed by atoms with Crippen molar-refractivity contribution in [2.45, 2.75) is 13.3 Å². The third-order valence-electron chi connectivity index (χ3n) is 1.92. The summed E-state index contributed by atoms with van der Waals surface area (Å²) in [5, 5.41) is 9.70. The van der Waals surface area contributed by atoms with Gasteiger partial charge in [-0.05, 0) is 34.7 Å². The van der Waals surface area contributed by atoms with Gasteiger partial charge in [0.1, 0.15) is 11.5 Å². The normalized spacial score (nSPS) is 9.93. The van der Waals surface area contributed by atoms with Gasteiger partial charge in [-0.15, -0.1) is 0 Å². The zero-order valence-corrected chi connectivity index (χ0v) is 10.2. The first-order chi connectivity index (χ1) is 6.61. The van der Waals surface area contributed by atoms with Crippen LogP contribution in [0.4, 0.5) is 0 Å². The summed E-state index contributed by atoms with van der Waals surface area (Å²) in [6, 6.07) is 3.27. The van der Waals surface area contributed by atoms with E-state index in [4.69, 9.17) is 4.74 Å². The van der Waals surface area contributed by atoms with Gasteiger partial charge in [-0.1, -0.05) is 6.92 Å². The second-order valence-electron chi connectivity index (χ2n) is 2.75. The second-order valence-corrected chi connectivity index (χ2v) is 3.83. The number of carbonyl (C=O) groups excluding carboxylic acids is 1. The Balaban J connectivity index is 3.24. The topological polar surface area (TPSA) is 46.5 Å². The Morgan fingerprint density at radius 3 is 2.71 bits per heavy atom. The van der Waals surface area contributed by atoms with E-state index in [2.05, 4.69) is 0 Å². The number of phenols is 1. The minimum absolute atomic E-state index is 0.0109. The molecule has 0 unspecified atom stereocenters. The van der Waals surface area contributed by atoms with Crippen LogP contribution in [0.15, 0.2) is 12.1 Å². The van der Waals surface area contributed by atoms with Crippen molar-refractivity contribution in [1.82, 2.24) is 0 Å². The lowest BCUT2D eigenvalue weighted by Gasteiger charge is -2.08. The fourth-order valence-corrected chi connectivity index (χ4v) is 1.81. The number of halogens is 1. The van der Waals surface area contributed by atoms with Crippen LogP contribution >= 0.6 is 22.6 Å². The number of methoxy groups -OCH3 is 1. The average Bonchev–Trinajstić information content (AvgIpc) is 2.21. The lowest BCUT2D eigenvalue weighted by atomic mass is 10.1. The van der Waals surface area contributed by atoms with Crippen LogP contribution in [0.5, 0.6) is 11.5 Å². The first-order valence-corrected chi connectivity index (χ1v) is 5.28. The molecule has 0 atom stereocenters. The molecule has 0 aliphatic rings. The lowest BCUT2D eigenvalue weighted by Crippen LogP contribution is -1.99. The molecule has 0 saturated carbocycles. The van der Waals surface area contributed by atoms with Gasteiger partial charge in [0.05, 0.1) is 16.2 Å². The van der Waals surface area contributed by atoms with Crippen LogP contribution in [-0.2, 0) is 0 Å². The van der Waals surface area contributed by atoms with Crippen molar-refractivity contribution in [3.8, 4) is 11.5 Å². The van der Waals surface area contributed by atoms with E-state index in [9.17, 15) is 9.90 Å². The number of aromatic hydroxyl groups is 1. The number of carbonyl (C=O) groups is 1.